The van der Waals surface area contributed by atoms with E-state index in [2.05, 4.69) is 18.6 Å². The van der Waals surface area contributed by atoms with E-state index in [1.165, 1.54) is 32.1 Å². The number of allylic oxidation sites excluding steroid dienone is 2. The molecule has 0 nitrogen and oxygen atoms in total. The van der Waals surface area contributed by atoms with Crippen molar-refractivity contribution in [2.24, 2.45) is 5.41 Å². The van der Waals surface area contributed by atoms with Crippen molar-refractivity contribution in [1.29, 1.82) is 0 Å². The third-order valence-corrected chi connectivity index (χ3v) is 2.62. The van der Waals surface area contributed by atoms with Gasteiger partial charge in [0.25, 0.3) is 0 Å². The second-order valence-electron chi connectivity index (χ2n) is 3.27. The molecule has 0 bridgehead atoms. The van der Waals surface area contributed by atoms with Crippen LogP contribution in [0.5, 0.6) is 0 Å². The zero-order valence-electron chi connectivity index (χ0n) is 5.77. The molecule has 0 saturated heterocycles. The zero-order chi connectivity index (χ0) is 6.16. The third-order valence-electron chi connectivity index (χ3n) is 2.62. The normalized spacial score (nSPS) is 30.2. The molecule has 1 saturated carbocycles. The molecule has 0 aromatic rings. The topological polar surface area (TPSA) is 0 Å². The Morgan fingerprint density at radius 1 is 1.11 bits per heavy atom. The Bertz CT molecular complexity index is 129. The van der Waals surface area contributed by atoms with Crippen molar-refractivity contribution in [2.45, 2.75) is 32.1 Å². The lowest BCUT2D eigenvalue weighted by Gasteiger charge is -2.41. The van der Waals surface area contributed by atoms with Crippen molar-refractivity contribution in [3.63, 3.8) is 0 Å². The van der Waals surface area contributed by atoms with Crippen molar-refractivity contribution >= 4 is 0 Å². The van der Waals surface area contributed by atoms with E-state index in [0.29, 0.717) is 5.41 Å². The van der Waals surface area contributed by atoms with Crippen molar-refractivity contribution in [1.82, 2.24) is 0 Å². The van der Waals surface area contributed by atoms with Gasteiger partial charge in [-0.25, -0.2) is 0 Å². The van der Waals surface area contributed by atoms with Gasteiger partial charge in [-0.15, -0.1) is 0 Å². The van der Waals surface area contributed by atoms with Crippen LogP contribution in [0.4, 0.5) is 0 Å². The van der Waals surface area contributed by atoms with Crippen molar-refractivity contribution in [2.75, 3.05) is 0 Å². The van der Waals surface area contributed by atoms with Gasteiger partial charge in [0.05, 0.1) is 0 Å². The molecular formula is C9H13. The first-order valence-electron chi connectivity index (χ1n) is 3.93. The standard InChI is InChI=1S/C9H13/c1-2-5-9(6-3-1)7-4-8-9/h2,5,7H,1,3-4,6,8H2. The van der Waals surface area contributed by atoms with Crippen LogP contribution in [0.15, 0.2) is 12.2 Å². The predicted molar refractivity (Wildman–Crippen MR) is 39.0 cm³/mol. The van der Waals surface area contributed by atoms with E-state index in [-0.39, 0.29) is 0 Å². The highest BCUT2D eigenvalue weighted by molar-refractivity contribution is 5.16. The second-order valence-corrected chi connectivity index (χ2v) is 3.27. The summed E-state index contributed by atoms with van der Waals surface area (Å²) in [5.41, 5.74) is 0.595. The van der Waals surface area contributed by atoms with Gasteiger partial charge in [-0.05, 0) is 43.9 Å². The molecule has 0 N–H and O–H groups in total. The molecule has 1 radical (unpaired) electrons. The summed E-state index contributed by atoms with van der Waals surface area (Å²) in [5.74, 6) is 0. The fraction of sp³-hybridized carbons (Fsp3) is 0.667. The SMILES string of the molecule is [CH]1CCC12C=CCCC2. The van der Waals surface area contributed by atoms with Crippen molar-refractivity contribution in [3.05, 3.63) is 18.6 Å². The molecule has 1 atom stereocenters. The van der Waals surface area contributed by atoms with Gasteiger partial charge in [-0.3, -0.25) is 0 Å². The second kappa shape index (κ2) is 1.86. The van der Waals surface area contributed by atoms with Crippen LogP contribution in [0.25, 0.3) is 0 Å². The average molecular weight is 121 g/mol. The molecule has 2 aliphatic rings. The van der Waals surface area contributed by atoms with Crippen LogP contribution in [-0.4, -0.2) is 0 Å². The first kappa shape index (κ1) is 5.52. The van der Waals surface area contributed by atoms with E-state index in [0.717, 1.165) is 0 Å². The molecule has 1 spiro atoms. The molecule has 49 valence electrons. The molecule has 0 aromatic heterocycles. The van der Waals surface area contributed by atoms with Crippen molar-refractivity contribution in [3.8, 4) is 0 Å². The van der Waals surface area contributed by atoms with Crippen LogP contribution in [0.1, 0.15) is 32.1 Å². The highest BCUT2D eigenvalue weighted by Gasteiger charge is 2.34. The van der Waals surface area contributed by atoms with Crippen molar-refractivity contribution < 1.29 is 0 Å². The molecule has 2 rings (SSSR count). The molecule has 0 heterocycles. The smallest absolute Gasteiger partial charge is 0.00868 e. The van der Waals surface area contributed by atoms with Crippen LogP contribution < -0.4 is 0 Å². The average Bonchev–Trinajstić information content (AvgIpc) is 1.87. The summed E-state index contributed by atoms with van der Waals surface area (Å²) in [5, 5.41) is 0. The van der Waals surface area contributed by atoms with Gasteiger partial charge < -0.3 is 0 Å². The maximum absolute atomic E-state index is 2.47. The third kappa shape index (κ3) is 0.810. The number of hydrogen-bond acceptors (Lipinski definition) is 0. The summed E-state index contributed by atoms with van der Waals surface area (Å²) in [6.07, 6.45) is 14.2. The fourth-order valence-corrected chi connectivity index (χ4v) is 1.84. The quantitative estimate of drug-likeness (QED) is 0.432. The van der Waals surface area contributed by atoms with Gasteiger partial charge in [-0.1, -0.05) is 12.2 Å². The highest BCUT2D eigenvalue weighted by atomic mass is 14.4. The molecular weight excluding hydrogens is 108 g/mol. The lowest BCUT2D eigenvalue weighted by molar-refractivity contribution is 0.269. The van der Waals surface area contributed by atoms with E-state index in [4.69, 9.17) is 0 Å². The largest absolute Gasteiger partial charge is 0.0880 e. The fourth-order valence-electron chi connectivity index (χ4n) is 1.84. The Kier molecular flexibility index (Phi) is 1.14. The molecule has 9 heavy (non-hydrogen) atoms. The molecule has 0 heteroatoms. The summed E-state index contributed by atoms with van der Waals surface area (Å²) in [6, 6.07) is 0. The number of rotatable bonds is 0. The van der Waals surface area contributed by atoms with E-state index < -0.39 is 0 Å². The minimum absolute atomic E-state index is 0.595. The Labute approximate surface area is 57.0 Å². The maximum Gasteiger partial charge on any atom is -0.00868 e. The minimum atomic E-state index is 0.595. The summed E-state index contributed by atoms with van der Waals surface area (Å²) in [4.78, 5) is 0. The molecule has 1 fully saturated rings. The van der Waals surface area contributed by atoms with Gasteiger partial charge in [0, 0.05) is 0 Å². The first-order valence-corrected chi connectivity index (χ1v) is 3.93. The predicted octanol–water partition coefficient (Wildman–Crippen LogP) is 2.71. The molecule has 0 amide bonds. The molecule has 0 aromatic carbocycles. The Morgan fingerprint density at radius 3 is 2.33 bits per heavy atom. The molecule has 1 unspecified atom stereocenters. The van der Waals surface area contributed by atoms with E-state index in [9.17, 15) is 0 Å². The first-order chi connectivity index (χ1) is 4.41. The minimum Gasteiger partial charge on any atom is -0.0880 e. The van der Waals surface area contributed by atoms with Crippen LogP contribution in [0.2, 0.25) is 0 Å². The van der Waals surface area contributed by atoms with Crippen LogP contribution >= 0.6 is 0 Å². The monoisotopic (exact) mass is 121 g/mol. The summed E-state index contributed by atoms with van der Waals surface area (Å²) < 4.78 is 0. The molecule has 2 aliphatic carbocycles. The lowest BCUT2D eigenvalue weighted by atomic mass is 9.64. The maximum atomic E-state index is 2.47. The Morgan fingerprint density at radius 2 is 2.00 bits per heavy atom. The van der Waals surface area contributed by atoms with Crippen LogP contribution in [-0.2, 0) is 0 Å². The van der Waals surface area contributed by atoms with Crippen LogP contribution in [0.3, 0.4) is 0 Å². The van der Waals surface area contributed by atoms with Gasteiger partial charge in [-0.2, -0.15) is 0 Å². The van der Waals surface area contributed by atoms with Crippen LogP contribution in [0, 0.1) is 11.8 Å². The van der Waals surface area contributed by atoms with E-state index >= 15 is 0 Å². The Balaban J connectivity index is 2.09. The zero-order valence-corrected chi connectivity index (χ0v) is 5.77. The summed E-state index contributed by atoms with van der Waals surface area (Å²) >= 11 is 0. The van der Waals surface area contributed by atoms with Gasteiger partial charge >= 0.3 is 0 Å². The summed E-state index contributed by atoms with van der Waals surface area (Å²) in [7, 11) is 0. The molecule has 0 aliphatic heterocycles. The van der Waals surface area contributed by atoms with Gasteiger partial charge in [0.2, 0.25) is 0 Å². The van der Waals surface area contributed by atoms with Gasteiger partial charge in [0.1, 0.15) is 0 Å². The van der Waals surface area contributed by atoms with E-state index in [1.807, 2.05) is 0 Å². The lowest BCUT2D eigenvalue weighted by Crippen LogP contribution is -2.28. The highest BCUT2D eigenvalue weighted by Crippen LogP contribution is 2.47. The van der Waals surface area contributed by atoms with Gasteiger partial charge in [0.15, 0.2) is 0 Å². The Hall–Kier alpha value is -0.260. The van der Waals surface area contributed by atoms with E-state index in [1.54, 1.807) is 0 Å². The summed E-state index contributed by atoms with van der Waals surface area (Å²) in [6.45, 7) is 0. The number of hydrogen-bond donors (Lipinski definition) is 0.